The summed E-state index contributed by atoms with van der Waals surface area (Å²) in [5.74, 6) is 5.23. The lowest BCUT2D eigenvalue weighted by Crippen LogP contribution is -2.40. The normalized spacial score (nSPS) is 16.0. The summed E-state index contributed by atoms with van der Waals surface area (Å²) >= 11 is 0. The van der Waals surface area contributed by atoms with Crippen LogP contribution in [0.1, 0.15) is 12.8 Å². The predicted octanol–water partition coefficient (Wildman–Crippen LogP) is -0.531. The number of ether oxygens (including phenoxy) is 1. The Labute approximate surface area is 131 Å². The minimum absolute atomic E-state index is 0.0102. The van der Waals surface area contributed by atoms with Crippen LogP contribution in [-0.4, -0.2) is 18.5 Å². The van der Waals surface area contributed by atoms with E-state index in [4.69, 9.17) is 27.5 Å². The third-order valence-corrected chi connectivity index (χ3v) is 3.13. The molecular weight excluding hydrogens is 305 g/mol. The number of urea groups is 1. The Morgan fingerprint density at radius 3 is 2.64 bits per heavy atom. The smallest absolute Gasteiger partial charge is 0.333 e. The van der Waals surface area contributed by atoms with Gasteiger partial charge < -0.3 is 26.6 Å². The Hall–Kier alpha value is -2.25. The average Bonchev–Trinajstić information content (AvgIpc) is 3.35. The Bertz CT molecular complexity index is 512. The second-order valence-corrected chi connectivity index (χ2v) is 4.87. The molecule has 9 nitrogen and oxygen atoms in total. The quantitative estimate of drug-likeness (QED) is 0.0631. The SMILES string of the molecule is N=C(/C=C\NP)OCC(/C(=C\N)NC(=O)NN)=C(/N)C1CC1. The van der Waals surface area contributed by atoms with E-state index in [0.29, 0.717) is 17.0 Å². The summed E-state index contributed by atoms with van der Waals surface area (Å²) < 4.78 is 5.31. The van der Waals surface area contributed by atoms with Crippen molar-refractivity contribution in [1.82, 2.24) is 15.8 Å². The molecule has 1 fully saturated rings. The van der Waals surface area contributed by atoms with Gasteiger partial charge in [-0.2, -0.15) is 0 Å². The number of carbonyl (C=O) groups excluding carboxylic acids is 1. The van der Waals surface area contributed by atoms with Crippen molar-refractivity contribution in [2.24, 2.45) is 23.2 Å². The molecule has 0 radical (unpaired) electrons. The molecule has 0 aromatic carbocycles. The van der Waals surface area contributed by atoms with E-state index in [-0.39, 0.29) is 18.4 Å². The van der Waals surface area contributed by atoms with E-state index in [1.165, 1.54) is 18.5 Å². The van der Waals surface area contributed by atoms with E-state index in [2.05, 4.69) is 19.8 Å². The van der Waals surface area contributed by atoms with Crippen LogP contribution in [0.4, 0.5) is 4.79 Å². The summed E-state index contributed by atoms with van der Waals surface area (Å²) in [7, 11) is 2.27. The van der Waals surface area contributed by atoms with Crippen molar-refractivity contribution in [2.75, 3.05) is 6.61 Å². The van der Waals surface area contributed by atoms with Gasteiger partial charge in [-0.15, -0.1) is 0 Å². The number of amides is 2. The number of nitrogens with one attached hydrogen (secondary N) is 4. The van der Waals surface area contributed by atoms with Crippen molar-refractivity contribution >= 4 is 21.3 Å². The Morgan fingerprint density at radius 2 is 2.14 bits per heavy atom. The van der Waals surface area contributed by atoms with Crippen molar-refractivity contribution < 1.29 is 9.53 Å². The van der Waals surface area contributed by atoms with Crippen LogP contribution in [-0.2, 0) is 4.74 Å². The maximum Gasteiger partial charge on any atom is 0.333 e. The number of hydrogen-bond donors (Lipinski definition) is 7. The second kappa shape index (κ2) is 8.91. The molecular formula is C12H22N7O2P. The molecule has 0 heterocycles. The molecule has 1 aliphatic rings. The second-order valence-electron chi connectivity index (χ2n) is 4.54. The fourth-order valence-corrected chi connectivity index (χ4v) is 1.75. The van der Waals surface area contributed by atoms with Crippen molar-refractivity contribution in [3.05, 3.63) is 35.4 Å². The van der Waals surface area contributed by atoms with Crippen LogP contribution in [0.2, 0.25) is 0 Å². The highest BCUT2D eigenvalue weighted by Gasteiger charge is 2.28. The predicted molar refractivity (Wildman–Crippen MR) is 87.7 cm³/mol. The molecule has 1 aliphatic carbocycles. The molecule has 0 spiro atoms. The molecule has 10 heteroatoms. The minimum atomic E-state index is -0.625. The number of rotatable bonds is 7. The molecule has 0 bridgehead atoms. The molecule has 0 aliphatic heterocycles. The molecule has 1 atom stereocenters. The van der Waals surface area contributed by atoms with Crippen LogP contribution >= 0.6 is 9.39 Å². The van der Waals surface area contributed by atoms with Gasteiger partial charge in [0.2, 0.25) is 5.90 Å². The summed E-state index contributed by atoms with van der Waals surface area (Å²) in [6.45, 7) is 0.0102. The highest BCUT2D eigenvalue weighted by molar-refractivity contribution is 7.13. The first-order valence-electron chi connectivity index (χ1n) is 6.55. The maximum absolute atomic E-state index is 11.4. The van der Waals surface area contributed by atoms with Gasteiger partial charge in [0, 0.05) is 29.7 Å². The number of carbonyl (C=O) groups is 1. The lowest BCUT2D eigenvalue weighted by atomic mass is 10.1. The van der Waals surface area contributed by atoms with E-state index >= 15 is 0 Å². The van der Waals surface area contributed by atoms with Crippen molar-refractivity contribution in [3.8, 4) is 0 Å². The van der Waals surface area contributed by atoms with Gasteiger partial charge in [-0.3, -0.25) is 10.8 Å². The van der Waals surface area contributed by atoms with Crippen molar-refractivity contribution in [3.63, 3.8) is 0 Å². The van der Waals surface area contributed by atoms with Gasteiger partial charge in [-0.05, 0) is 28.2 Å². The number of nitrogens with two attached hydrogens (primary N) is 3. The number of hydrogen-bond acceptors (Lipinski definition) is 7. The first-order valence-corrected chi connectivity index (χ1v) is 7.13. The van der Waals surface area contributed by atoms with Gasteiger partial charge in [-0.1, -0.05) is 0 Å². The van der Waals surface area contributed by atoms with E-state index in [1.807, 2.05) is 5.43 Å². The lowest BCUT2D eigenvalue weighted by Gasteiger charge is -2.16. The molecule has 1 rings (SSSR count). The molecule has 0 aromatic heterocycles. The zero-order valence-electron chi connectivity index (χ0n) is 12.1. The molecule has 10 N–H and O–H groups in total. The molecule has 0 aromatic rings. The fraction of sp³-hybridized carbons (Fsp3) is 0.333. The first kappa shape index (κ1) is 17.8. The standard InChI is InChI=1S/C12H22N7O2P/c13-5-9(18-12(20)19-16)8(11(15)7-1-2-7)6-21-10(14)3-4-17-22/h3-5,7,14,17H,1-2,6,13,15-16,22H2,(H2,18,19,20)/b4-3-,9-5+,11-8-,14-10?. The maximum atomic E-state index is 11.4. The van der Waals surface area contributed by atoms with Crippen molar-refractivity contribution in [1.29, 1.82) is 5.41 Å². The van der Waals surface area contributed by atoms with Gasteiger partial charge >= 0.3 is 6.03 Å². The topological polar surface area (TPSA) is 164 Å². The Balaban J connectivity index is 2.85. The van der Waals surface area contributed by atoms with Crippen LogP contribution in [0.5, 0.6) is 0 Å². The summed E-state index contributed by atoms with van der Waals surface area (Å²) in [6, 6.07) is -0.625. The Kier molecular flexibility index (Phi) is 7.21. The lowest BCUT2D eigenvalue weighted by molar-refractivity contribution is 0.243. The molecule has 22 heavy (non-hydrogen) atoms. The van der Waals surface area contributed by atoms with E-state index < -0.39 is 6.03 Å². The minimum Gasteiger partial charge on any atom is -0.473 e. The van der Waals surface area contributed by atoms with Crippen LogP contribution in [0.15, 0.2) is 35.4 Å². The van der Waals surface area contributed by atoms with E-state index in [0.717, 1.165) is 12.8 Å². The highest BCUT2D eigenvalue weighted by atomic mass is 31.0. The summed E-state index contributed by atoms with van der Waals surface area (Å²) in [4.78, 5) is 11.4. The van der Waals surface area contributed by atoms with E-state index in [9.17, 15) is 4.79 Å². The number of allylic oxidation sites excluding steroid dienone is 1. The van der Waals surface area contributed by atoms with Crippen molar-refractivity contribution in [2.45, 2.75) is 12.8 Å². The van der Waals surface area contributed by atoms with Crippen LogP contribution in [0.25, 0.3) is 0 Å². The van der Waals surface area contributed by atoms with Crippen LogP contribution < -0.4 is 33.1 Å². The zero-order chi connectivity index (χ0) is 16.5. The first-order chi connectivity index (χ1) is 10.5. The largest absolute Gasteiger partial charge is 0.473 e. The zero-order valence-corrected chi connectivity index (χ0v) is 13.2. The molecule has 0 saturated heterocycles. The third-order valence-electron chi connectivity index (χ3n) is 2.94. The van der Waals surface area contributed by atoms with E-state index in [1.54, 1.807) is 0 Å². The van der Waals surface area contributed by atoms with Gasteiger partial charge in [0.1, 0.15) is 6.61 Å². The van der Waals surface area contributed by atoms with Crippen LogP contribution in [0, 0.1) is 11.3 Å². The molecule has 122 valence electrons. The molecule has 1 saturated carbocycles. The average molecular weight is 327 g/mol. The Morgan fingerprint density at radius 1 is 1.45 bits per heavy atom. The summed E-state index contributed by atoms with van der Waals surface area (Å²) in [5.41, 5.74) is 15.0. The highest BCUT2D eigenvalue weighted by Crippen LogP contribution is 2.36. The van der Waals surface area contributed by atoms with Gasteiger partial charge in [0.05, 0.1) is 5.70 Å². The fourth-order valence-electron chi connectivity index (χ4n) is 1.66. The third kappa shape index (κ3) is 5.63. The van der Waals surface area contributed by atoms with Crippen LogP contribution in [0.3, 0.4) is 0 Å². The monoisotopic (exact) mass is 327 g/mol. The van der Waals surface area contributed by atoms with Gasteiger partial charge in [0.15, 0.2) is 0 Å². The van der Waals surface area contributed by atoms with Gasteiger partial charge in [0.25, 0.3) is 0 Å². The summed E-state index contributed by atoms with van der Waals surface area (Å²) in [5, 5.41) is 12.8. The summed E-state index contributed by atoms with van der Waals surface area (Å²) in [6.07, 6.45) is 6.13. The van der Waals surface area contributed by atoms with Gasteiger partial charge in [-0.25, -0.2) is 10.6 Å². The number of hydrazine groups is 1. The molecule has 1 unspecified atom stereocenters. The molecule has 2 amide bonds.